The summed E-state index contributed by atoms with van der Waals surface area (Å²) in [6.45, 7) is 0. The molecule has 0 bridgehead atoms. The fourth-order valence-corrected chi connectivity index (χ4v) is 3.57. The van der Waals surface area contributed by atoms with E-state index in [2.05, 4.69) is 58.0 Å². The van der Waals surface area contributed by atoms with Crippen LogP contribution in [0.15, 0.2) is 44.1 Å². The monoisotopic (exact) mass is 526 g/mol. The van der Waals surface area contributed by atoms with Gasteiger partial charge in [-0.25, -0.2) is 4.39 Å². The van der Waals surface area contributed by atoms with E-state index in [-0.39, 0.29) is 5.82 Å². The number of nitrogens with zero attached hydrogens (tertiary/aromatic N) is 4. The maximum Gasteiger partial charge on any atom is 0.129 e. The van der Waals surface area contributed by atoms with Crippen LogP contribution < -0.4 is 0 Å². The fraction of sp³-hybridized carbons (Fsp3) is 0.143. The first-order valence-corrected chi connectivity index (χ1v) is 9.03. The molecule has 2 heterocycles. The molecule has 1 aromatic carbocycles. The average molecular weight is 529 g/mol. The molecule has 0 fully saturated rings. The van der Waals surface area contributed by atoms with Gasteiger partial charge in [-0.1, -0.05) is 11.6 Å². The zero-order valence-corrected chi connectivity index (χ0v) is 17.6. The van der Waals surface area contributed by atoms with E-state index in [1.807, 2.05) is 19.2 Å². The minimum atomic E-state index is -0.343. The van der Waals surface area contributed by atoms with E-state index in [4.69, 9.17) is 11.6 Å². The van der Waals surface area contributed by atoms with Gasteiger partial charge in [-0.3, -0.25) is 9.36 Å². The normalized spacial score (nSPS) is 10.4. The predicted octanol–water partition coefficient (Wildman–Crippen LogP) is 5.59. The summed E-state index contributed by atoms with van der Waals surface area (Å²) in [5, 5.41) is 8.51. The lowest BCUT2D eigenvalue weighted by Gasteiger charge is -2.04. The van der Waals surface area contributed by atoms with Crippen LogP contribution in [0.3, 0.4) is 0 Å². The molecule has 122 valence electrons. The summed E-state index contributed by atoms with van der Waals surface area (Å²) < 4.78 is 18.8. The van der Waals surface area contributed by atoms with E-state index in [1.165, 1.54) is 12.1 Å². The Kier molecular flexibility index (Phi) is 6.41. The highest BCUT2D eigenvalue weighted by Crippen LogP contribution is 2.29. The molecule has 0 amide bonds. The van der Waals surface area contributed by atoms with E-state index in [1.54, 1.807) is 22.5 Å². The standard InChI is InChI=1S/C10H7BrClFN2.C4H4Br2N2/c1-15-9(5-10(11)14-15)7-3-2-6(13)4-8(7)12;1-8-4(6)2-3(5)7-8/h2-5H,1H3;2H,1H3. The van der Waals surface area contributed by atoms with Gasteiger partial charge in [-0.05, 0) is 72.1 Å². The molecule has 0 aliphatic carbocycles. The SMILES string of the molecule is Cn1nc(Br)cc1-c1ccc(F)cc1Cl.Cn1nc(Br)cc1Br. The van der Waals surface area contributed by atoms with Crippen molar-refractivity contribution in [3.8, 4) is 11.3 Å². The Hall–Kier alpha value is -0.700. The zero-order valence-electron chi connectivity index (χ0n) is 12.1. The van der Waals surface area contributed by atoms with Crippen molar-refractivity contribution in [1.82, 2.24) is 19.6 Å². The Labute approximate surface area is 163 Å². The van der Waals surface area contributed by atoms with Gasteiger partial charge < -0.3 is 0 Å². The van der Waals surface area contributed by atoms with Gasteiger partial charge in [0.2, 0.25) is 0 Å². The largest absolute Gasteiger partial charge is 0.267 e. The molecule has 23 heavy (non-hydrogen) atoms. The Bertz CT molecular complexity index is 812. The molecule has 0 saturated carbocycles. The molecule has 0 saturated heterocycles. The van der Waals surface area contributed by atoms with Crippen LogP contribution in [0, 0.1) is 5.82 Å². The first kappa shape index (κ1) is 18.6. The van der Waals surface area contributed by atoms with Crippen LogP contribution >= 0.6 is 59.4 Å². The number of rotatable bonds is 1. The number of hydrogen-bond donors (Lipinski definition) is 0. The molecule has 3 aromatic rings. The number of hydrogen-bond acceptors (Lipinski definition) is 2. The van der Waals surface area contributed by atoms with Gasteiger partial charge in [0.15, 0.2) is 0 Å². The summed E-state index contributed by atoms with van der Waals surface area (Å²) >= 11 is 15.7. The lowest BCUT2D eigenvalue weighted by atomic mass is 10.1. The van der Waals surface area contributed by atoms with Crippen molar-refractivity contribution in [3.63, 3.8) is 0 Å². The summed E-state index contributed by atoms with van der Waals surface area (Å²) in [6, 6.07) is 8.03. The van der Waals surface area contributed by atoms with Crippen molar-refractivity contribution in [2.75, 3.05) is 0 Å². The van der Waals surface area contributed by atoms with E-state index in [9.17, 15) is 4.39 Å². The second kappa shape index (κ2) is 7.92. The molecule has 3 rings (SSSR count). The third kappa shape index (κ3) is 4.89. The molecular weight excluding hydrogens is 518 g/mol. The smallest absolute Gasteiger partial charge is 0.129 e. The number of aromatic nitrogens is 4. The van der Waals surface area contributed by atoms with Gasteiger partial charge in [0.05, 0.1) is 10.7 Å². The number of aryl methyl sites for hydroxylation is 2. The predicted molar refractivity (Wildman–Crippen MR) is 99.9 cm³/mol. The molecule has 0 aliphatic heterocycles. The highest BCUT2D eigenvalue weighted by molar-refractivity contribution is 9.11. The molecule has 4 nitrogen and oxygen atoms in total. The third-order valence-electron chi connectivity index (χ3n) is 2.85. The van der Waals surface area contributed by atoms with Crippen molar-refractivity contribution >= 4 is 59.4 Å². The maximum absolute atomic E-state index is 12.9. The van der Waals surface area contributed by atoms with Crippen molar-refractivity contribution in [1.29, 1.82) is 0 Å². The second-order valence-corrected chi connectivity index (χ2v) is 7.36. The molecule has 0 atom stereocenters. The van der Waals surface area contributed by atoms with E-state index >= 15 is 0 Å². The van der Waals surface area contributed by atoms with Crippen LogP contribution in [0.2, 0.25) is 5.02 Å². The lowest BCUT2D eigenvalue weighted by molar-refractivity contribution is 0.628. The molecule has 0 unspecified atom stereocenters. The summed E-state index contributed by atoms with van der Waals surface area (Å²) in [5.41, 5.74) is 1.60. The van der Waals surface area contributed by atoms with Crippen LogP contribution in [-0.2, 0) is 14.1 Å². The van der Waals surface area contributed by atoms with Gasteiger partial charge in [0.25, 0.3) is 0 Å². The van der Waals surface area contributed by atoms with Crippen molar-refractivity contribution < 1.29 is 4.39 Å². The van der Waals surface area contributed by atoms with E-state index < -0.39 is 0 Å². The van der Waals surface area contributed by atoms with Gasteiger partial charge in [0.1, 0.15) is 19.6 Å². The van der Waals surface area contributed by atoms with E-state index in [0.29, 0.717) is 5.02 Å². The van der Waals surface area contributed by atoms with Crippen LogP contribution in [0.5, 0.6) is 0 Å². The maximum atomic E-state index is 12.9. The molecule has 0 N–H and O–H groups in total. The van der Waals surface area contributed by atoms with Crippen LogP contribution in [0.1, 0.15) is 0 Å². The Morgan fingerprint density at radius 1 is 0.957 bits per heavy atom. The van der Waals surface area contributed by atoms with Gasteiger partial charge in [0, 0.05) is 25.7 Å². The van der Waals surface area contributed by atoms with Gasteiger partial charge >= 0.3 is 0 Å². The third-order valence-corrected chi connectivity index (χ3v) is 4.68. The quantitative estimate of drug-likeness (QED) is 0.412. The molecule has 0 aliphatic rings. The first-order valence-electron chi connectivity index (χ1n) is 6.28. The Morgan fingerprint density at radius 3 is 1.96 bits per heavy atom. The molecule has 9 heteroatoms. The number of benzene rings is 1. The van der Waals surface area contributed by atoms with Crippen LogP contribution in [0.25, 0.3) is 11.3 Å². The first-order chi connectivity index (χ1) is 10.8. The highest BCUT2D eigenvalue weighted by Gasteiger charge is 2.10. The minimum absolute atomic E-state index is 0.343. The Balaban J connectivity index is 0.000000203. The lowest BCUT2D eigenvalue weighted by Crippen LogP contribution is -1.94. The average Bonchev–Trinajstić information content (AvgIpc) is 2.92. The van der Waals surface area contributed by atoms with Crippen molar-refractivity contribution in [2.45, 2.75) is 0 Å². The number of halogens is 5. The Morgan fingerprint density at radius 2 is 1.57 bits per heavy atom. The molecular formula is C14H11Br3ClFN4. The second-order valence-electron chi connectivity index (χ2n) is 4.51. The summed E-state index contributed by atoms with van der Waals surface area (Å²) in [4.78, 5) is 0. The topological polar surface area (TPSA) is 35.6 Å². The van der Waals surface area contributed by atoms with E-state index in [0.717, 1.165) is 25.1 Å². The highest BCUT2D eigenvalue weighted by atomic mass is 79.9. The summed E-state index contributed by atoms with van der Waals surface area (Å²) in [5.74, 6) is -0.343. The minimum Gasteiger partial charge on any atom is -0.267 e. The van der Waals surface area contributed by atoms with Gasteiger partial charge in [-0.15, -0.1) is 0 Å². The fourth-order valence-electron chi connectivity index (χ4n) is 1.79. The molecule has 2 aromatic heterocycles. The summed E-state index contributed by atoms with van der Waals surface area (Å²) in [7, 11) is 3.68. The van der Waals surface area contributed by atoms with Crippen molar-refractivity contribution in [2.24, 2.45) is 14.1 Å². The zero-order chi connectivity index (χ0) is 17.1. The van der Waals surface area contributed by atoms with Crippen LogP contribution in [-0.4, -0.2) is 19.6 Å². The van der Waals surface area contributed by atoms with Gasteiger partial charge in [-0.2, -0.15) is 10.2 Å². The van der Waals surface area contributed by atoms with Crippen LogP contribution in [0.4, 0.5) is 4.39 Å². The molecule has 0 spiro atoms. The van der Waals surface area contributed by atoms with Crippen molar-refractivity contribution in [3.05, 3.63) is 55.0 Å². The molecule has 0 radical (unpaired) electrons. The summed E-state index contributed by atoms with van der Waals surface area (Å²) in [6.07, 6.45) is 0.